The molecule has 5 unspecified atom stereocenters. The van der Waals surface area contributed by atoms with Crippen molar-refractivity contribution in [3.05, 3.63) is 78.1 Å². The van der Waals surface area contributed by atoms with Gasteiger partial charge in [-0.25, -0.2) is 0 Å². The summed E-state index contributed by atoms with van der Waals surface area (Å²) >= 11 is 0. The van der Waals surface area contributed by atoms with Crippen LogP contribution in [-0.4, -0.2) is 32.6 Å². The summed E-state index contributed by atoms with van der Waals surface area (Å²) in [5.74, 6) is -0.898. The van der Waals surface area contributed by atoms with Crippen molar-refractivity contribution in [2.24, 2.45) is 23.7 Å². The highest BCUT2D eigenvalue weighted by atomic mass is 16.2. The van der Waals surface area contributed by atoms with Crippen LogP contribution < -0.4 is 5.32 Å². The summed E-state index contributed by atoms with van der Waals surface area (Å²) in [5, 5.41) is 2.91. The summed E-state index contributed by atoms with van der Waals surface area (Å²) in [5.41, 5.74) is 3.87. The number of allylic oxidation sites excluding steroid dienone is 2. The maximum absolute atomic E-state index is 13.5. The molecule has 1 aliphatic heterocycles. The molecule has 0 spiro atoms. The summed E-state index contributed by atoms with van der Waals surface area (Å²) in [6, 6.07) is 12.4. The molecular formula is C27H24N4O3. The van der Waals surface area contributed by atoms with Crippen LogP contribution in [0.3, 0.4) is 0 Å². The van der Waals surface area contributed by atoms with Gasteiger partial charge in [-0.05, 0) is 48.9 Å². The minimum atomic E-state index is -0.647. The molecule has 0 radical (unpaired) electrons. The Labute approximate surface area is 196 Å². The molecule has 1 N–H and O–H groups in total. The standard InChI is InChI=1S/C27H24N4O3/c1-15-2-4-16(5-3-15)22(31-26(33)24-17-6-7-18(12-17)25(24)27(31)34)14-23(32)30-19-8-9-20-21(13-19)29-11-10-28-20/h2-11,13,17-18,22,24-25H,12,14H2,1H3,(H,30,32). The number of hydrogen-bond donors (Lipinski definition) is 1. The van der Waals surface area contributed by atoms with E-state index in [0.717, 1.165) is 23.1 Å². The van der Waals surface area contributed by atoms with E-state index in [1.807, 2.05) is 31.2 Å². The van der Waals surface area contributed by atoms with Gasteiger partial charge < -0.3 is 5.32 Å². The van der Waals surface area contributed by atoms with Crippen molar-refractivity contribution in [1.29, 1.82) is 0 Å². The summed E-state index contributed by atoms with van der Waals surface area (Å²) in [7, 11) is 0. The number of imide groups is 1. The highest BCUT2D eigenvalue weighted by molar-refractivity contribution is 6.07. The zero-order valence-electron chi connectivity index (χ0n) is 18.7. The van der Waals surface area contributed by atoms with Gasteiger partial charge in [0.05, 0.1) is 35.3 Å². The Hall–Kier alpha value is -3.87. The van der Waals surface area contributed by atoms with Crippen LogP contribution in [-0.2, 0) is 14.4 Å². The molecule has 170 valence electrons. The van der Waals surface area contributed by atoms with Gasteiger partial charge in [-0.15, -0.1) is 0 Å². The molecule has 3 aromatic rings. The molecule has 34 heavy (non-hydrogen) atoms. The Balaban J connectivity index is 1.29. The number of hydrogen-bond acceptors (Lipinski definition) is 5. The SMILES string of the molecule is Cc1ccc(C(CC(=O)Nc2ccc3nccnc3c2)N2C(=O)C3C4C=CC(C4)C3C2=O)cc1. The van der Waals surface area contributed by atoms with E-state index < -0.39 is 6.04 Å². The Morgan fingerprint density at radius 2 is 1.62 bits per heavy atom. The number of nitrogens with zero attached hydrogens (tertiary/aromatic N) is 3. The van der Waals surface area contributed by atoms with Crippen molar-refractivity contribution in [1.82, 2.24) is 14.9 Å². The topological polar surface area (TPSA) is 92.3 Å². The number of aryl methyl sites for hydroxylation is 1. The van der Waals surface area contributed by atoms with E-state index in [-0.39, 0.29) is 47.8 Å². The molecule has 1 saturated heterocycles. The Morgan fingerprint density at radius 1 is 0.971 bits per heavy atom. The monoisotopic (exact) mass is 452 g/mol. The fourth-order valence-electron chi connectivity index (χ4n) is 5.81. The first-order valence-corrected chi connectivity index (χ1v) is 11.6. The number of anilines is 1. The second-order valence-corrected chi connectivity index (χ2v) is 9.48. The van der Waals surface area contributed by atoms with Gasteiger partial charge in [0.15, 0.2) is 0 Å². The van der Waals surface area contributed by atoms with E-state index in [1.165, 1.54) is 4.90 Å². The third-order valence-electron chi connectivity index (χ3n) is 7.41. The van der Waals surface area contributed by atoms with E-state index in [4.69, 9.17) is 0 Å². The predicted molar refractivity (Wildman–Crippen MR) is 126 cm³/mol. The zero-order chi connectivity index (χ0) is 23.4. The van der Waals surface area contributed by atoms with E-state index in [1.54, 1.807) is 30.6 Å². The first-order chi connectivity index (χ1) is 16.5. The van der Waals surface area contributed by atoms with E-state index in [9.17, 15) is 14.4 Å². The van der Waals surface area contributed by atoms with Gasteiger partial charge in [0.1, 0.15) is 0 Å². The molecule has 2 fully saturated rings. The summed E-state index contributed by atoms with van der Waals surface area (Å²) in [6.07, 6.45) is 8.24. The molecule has 2 bridgehead atoms. The number of fused-ring (bicyclic) bond motifs is 6. The Kier molecular flexibility index (Phi) is 4.79. The summed E-state index contributed by atoms with van der Waals surface area (Å²) < 4.78 is 0. The Bertz CT molecular complexity index is 1320. The molecule has 2 aliphatic carbocycles. The zero-order valence-corrected chi connectivity index (χ0v) is 18.7. The van der Waals surface area contributed by atoms with E-state index in [0.29, 0.717) is 11.2 Å². The lowest BCUT2D eigenvalue weighted by Crippen LogP contribution is -2.38. The molecule has 3 amide bonds. The van der Waals surface area contributed by atoms with Crippen LogP contribution in [0.1, 0.15) is 30.0 Å². The number of carbonyl (C=O) groups excluding carboxylic acids is 3. The van der Waals surface area contributed by atoms with Crippen LogP contribution in [0.5, 0.6) is 0 Å². The normalized spacial score (nSPS) is 25.7. The molecule has 5 atom stereocenters. The first kappa shape index (κ1) is 20.7. The van der Waals surface area contributed by atoms with Crippen molar-refractivity contribution in [3.8, 4) is 0 Å². The quantitative estimate of drug-likeness (QED) is 0.469. The lowest BCUT2D eigenvalue weighted by Gasteiger charge is -2.28. The number of rotatable bonds is 5. The third-order valence-corrected chi connectivity index (χ3v) is 7.41. The molecule has 7 nitrogen and oxygen atoms in total. The summed E-state index contributed by atoms with van der Waals surface area (Å²) in [4.78, 5) is 50.0. The average Bonchev–Trinajstić information content (AvgIpc) is 3.52. The second kappa shape index (κ2) is 7.87. The average molecular weight is 453 g/mol. The first-order valence-electron chi connectivity index (χ1n) is 11.6. The van der Waals surface area contributed by atoms with Gasteiger partial charge >= 0.3 is 0 Å². The van der Waals surface area contributed by atoms with Gasteiger partial charge in [-0.1, -0.05) is 42.0 Å². The molecule has 1 aromatic heterocycles. The van der Waals surface area contributed by atoms with Crippen LogP contribution in [0, 0.1) is 30.6 Å². The van der Waals surface area contributed by atoms with E-state index >= 15 is 0 Å². The minimum absolute atomic E-state index is 0.0127. The van der Waals surface area contributed by atoms with Gasteiger partial charge in [-0.3, -0.25) is 29.3 Å². The minimum Gasteiger partial charge on any atom is -0.326 e. The summed E-state index contributed by atoms with van der Waals surface area (Å²) in [6.45, 7) is 1.98. The van der Waals surface area contributed by atoms with Gasteiger partial charge in [-0.2, -0.15) is 0 Å². The van der Waals surface area contributed by atoms with Gasteiger partial charge in [0.25, 0.3) is 0 Å². The molecule has 7 heteroatoms. The van der Waals surface area contributed by atoms with Crippen LogP contribution in [0.25, 0.3) is 11.0 Å². The van der Waals surface area contributed by atoms with Crippen molar-refractivity contribution in [3.63, 3.8) is 0 Å². The number of carbonyl (C=O) groups is 3. The second-order valence-electron chi connectivity index (χ2n) is 9.48. The molecular weight excluding hydrogens is 428 g/mol. The highest BCUT2D eigenvalue weighted by Crippen LogP contribution is 2.54. The maximum atomic E-state index is 13.5. The molecule has 2 heterocycles. The maximum Gasteiger partial charge on any atom is 0.234 e. The number of amides is 3. The van der Waals surface area contributed by atoms with Crippen molar-refractivity contribution in [2.75, 3.05) is 5.32 Å². The predicted octanol–water partition coefficient (Wildman–Crippen LogP) is 3.82. The lowest BCUT2D eigenvalue weighted by molar-refractivity contribution is -0.144. The van der Waals surface area contributed by atoms with Gasteiger partial charge in [0, 0.05) is 18.1 Å². The smallest absolute Gasteiger partial charge is 0.234 e. The lowest BCUT2D eigenvalue weighted by atomic mass is 9.85. The van der Waals surface area contributed by atoms with Crippen LogP contribution in [0.15, 0.2) is 67.0 Å². The number of likely N-dealkylation sites (tertiary alicyclic amines) is 1. The van der Waals surface area contributed by atoms with Crippen LogP contribution in [0.4, 0.5) is 5.69 Å². The molecule has 2 aromatic carbocycles. The van der Waals surface area contributed by atoms with Crippen molar-refractivity contribution < 1.29 is 14.4 Å². The highest BCUT2D eigenvalue weighted by Gasteiger charge is 2.60. The number of aromatic nitrogens is 2. The molecule has 3 aliphatic rings. The fraction of sp³-hybridized carbons (Fsp3) is 0.296. The molecule has 6 rings (SSSR count). The third kappa shape index (κ3) is 3.31. The largest absolute Gasteiger partial charge is 0.326 e. The fourth-order valence-corrected chi connectivity index (χ4v) is 5.81. The van der Waals surface area contributed by atoms with E-state index in [2.05, 4.69) is 27.4 Å². The van der Waals surface area contributed by atoms with Crippen molar-refractivity contribution in [2.45, 2.75) is 25.8 Å². The van der Waals surface area contributed by atoms with Crippen molar-refractivity contribution >= 4 is 34.4 Å². The Morgan fingerprint density at radius 3 is 2.29 bits per heavy atom. The van der Waals surface area contributed by atoms with Crippen LogP contribution >= 0.6 is 0 Å². The number of benzene rings is 2. The molecule has 1 saturated carbocycles. The van der Waals surface area contributed by atoms with Gasteiger partial charge in [0.2, 0.25) is 17.7 Å². The number of nitrogens with one attached hydrogen (secondary N) is 1. The van der Waals surface area contributed by atoms with Crippen LogP contribution in [0.2, 0.25) is 0 Å².